The molecular formula is C13H10BrNO2S. The molecule has 2 aromatic rings. The minimum atomic E-state index is 0.0349. The van der Waals surface area contributed by atoms with Crippen LogP contribution in [0.5, 0.6) is 5.75 Å². The predicted molar refractivity (Wildman–Crippen MR) is 75.6 cm³/mol. The minimum Gasteiger partial charge on any atom is -0.490 e. The molecule has 0 bridgehead atoms. The Balaban J connectivity index is 2.01. The maximum absolute atomic E-state index is 12.4. The van der Waals surface area contributed by atoms with Crippen LogP contribution in [0.1, 0.15) is 9.67 Å². The summed E-state index contributed by atoms with van der Waals surface area (Å²) in [5, 5.41) is 1.91. The molecule has 1 aliphatic rings. The lowest BCUT2D eigenvalue weighted by molar-refractivity contribution is 0.0980. The summed E-state index contributed by atoms with van der Waals surface area (Å²) in [7, 11) is 0. The second-order valence-corrected chi connectivity index (χ2v) is 5.76. The van der Waals surface area contributed by atoms with Gasteiger partial charge in [-0.05, 0) is 29.6 Å². The smallest absolute Gasteiger partial charge is 0.268 e. The lowest BCUT2D eigenvalue weighted by Gasteiger charge is -2.29. The molecule has 0 aliphatic carbocycles. The summed E-state index contributed by atoms with van der Waals surface area (Å²) in [5.74, 6) is 0.794. The fourth-order valence-corrected chi connectivity index (χ4v) is 2.96. The number of rotatable bonds is 1. The van der Waals surface area contributed by atoms with Gasteiger partial charge >= 0.3 is 0 Å². The van der Waals surface area contributed by atoms with E-state index in [2.05, 4.69) is 15.9 Å². The number of nitrogens with zero attached hydrogens (tertiary/aromatic N) is 1. The van der Waals surface area contributed by atoms with E-state index in [1.54, 1.807) is 4.90 Å². The minimum absolute atomic E-state index is 0.0349. The van der Waals surface area contributed by atoms with Gasteiger partial charge in [0.1, 0.15) is 12.4 Å². The average Bonchev–Trinajstić information content (AvgIpc) is 2.91. The van der Waals surface area contributed by atoms with Crippen LogP contribution in [0.2, 0.25) is 0 Å². The molecule has 92 valence electrons. The lowest BCUT2D eigenvalue weighted by Crippen LogP contribution is -2.37. The summed E-state index contributed by atoms with van der Waals surface area (Å²) in [6.07, 6.45) is 0. The van der Waals surface area contributed by atoms with Crippen molar-refractivity contribution in [2.24, 2.45) is 0 Å². The second-order valence-electron chi connectivity index (χ2n) is 3.89. The Morgan fingerprint density at radius 1 is 1.39 bits per heavy atom. The van der Waals surface area contributed by atoms with E-state index < -0.39 is 0 Å². The highest BCUT2D eigenvalue weighted by molar-refractivity contribution is 9.10. The molecule has 1 amide bonds. The number of anilines is 1. The van der Waals surface area contributed by atoms with Crippen molar-refractivity contribution < 1.29 is 9.53 Å². The van der Waals surface area contributed by atoms with Gasteiger partial charge < -0.3 is 9.64 Å². The number of benzene rings is 1. The summed E-state index contributed by atoms with van der Waals surface area (Å²) < 4.78 is 6.51. The third kappa shape index (κ3) is 2.04. The largest absolute Gasteiger partial charge is 0.490 e. The van der Waals surface area contributed by atoms with Crippen molar-refractivity contribution in [1.29, 1.82) is 0 Å². The molecular weight excluding hydrogens is 314 g/mol. The molecule has 0 saturated carbocycles. The number of amides is 1. The first-order valence-electron chi connectivity index (χ1n) is 5.53. The Labute approximate surface area is 117 Å². The number of hydrogen-bond acceptors (Lipinski definition) is 3. The zero-order valence-electron chi connectivity index (χ0n) is 9.43. The second kappa shape index (κ2) is 4.74. The molecule has 0 atom stereocenters. The van der Waals surface area contributed by atoms with Crippen LogP contribution in [-0.4, -0.2) is 19.1 Å². The molecule has 3 rings (SSSR count). The van der Waals surface area contributed by atoms with Crippen molar-refractivity contribution in [3.8, 4) is 5.75 Å². The van der Waals surface area contributed by atoms with E-state index in [1.807, 2.05) is 35.7 Å². The van der Waals surface area contributed by atoms with E-state index in [4.69, 9.17) is 4.74 Å². The molecule has 0 spiro atoms. The van der Waals surface area contributed by atoms with Gasteiger partial charge in [0.25, 0.3) is 5.91 Å². The zero-order chi connectivity index (χ0) is 12.5. The number of fused-ring (bicyclic) bond motifs is 1. The fourth-order valence-electron chi connectivity index (χ4n) is 1.94. The fraction of sp³-hybridized carbons (Fsp3) is 0.154. The summed E-state index contributed by atoms with van der Waals surface area (Å²) in [6, 6.07) is 9.45. The molecule has 0 N–H and O–H groups in total. The quantitative estimate of drug-likeness (QED) is 0.803. The lowest BCUT2D eigenvalue weighted by atomic mass is 10.2. The van der Waals surface area contributed by atoms with Crippen molar-refractivity contribution in [3.63, 3.8) is 0 Å². The Morgan fingerprint density at radius 2 is 2.28 bits per heavy atom. The molecule has 1 aromatic carbocycles. The molecule has 1 aromatic heterocycles. The van der Waals surface area contributed by atoms with Crippen LogP contribution < -0.4 is 9.64 Å². The van der Waals surface area contributed by atoms with Gasteiger partial charge in [-0.25, -0.2) is 0 Å². The van der Waals surface area contributed by atoms with E-state index >= 15 is 0 Å². The van der Waals surface area contributed by atoms with Gasteiger partial charge in [-0.15, -0.1) is 11.3 Å². The van der Waals surface area contributed by atoms with Gasteiger partial charge in [0, 0.05) is 4.47 Å². The number of ether oxygens (including phenoxy) is 1. The first-order valence-corrected chi connectivity index (χ1v) is 7.21. The van der Waals surface area contributed by atoms with Crippen LogP contribution in [-0.2, 0) is 0 Å². The summed E-state index contributed by atoms with van der Waals surface area (Å²) in [5.41, 5.74) is 0.828. The van der Waals surface area contributed by atoms with Crippen LogP contribution in [0, 0.1) is 0 Å². The first kappa shape index (κ1) is 11.7. The van der Waals surface area contributed by atoms with E-state index in [0.717, 1.165) is 20.8 Å². The summed E-state index contributed by atoms with van der Waals surface area (Å²) in [4.78, 5) is 14.9. The number of thiophene rings is 1. The van der Waals surface area contributed by atoms with Gasteiger partial charge in [0.15, 0.2) is 0 Å². The molecule has 18 heavy (non-hydrogen) atoms. The molecule has 0 unspecified atom stereocenters. The van der Waals surface area contributed by atoms with Crippen molar-refractivity contribution in [3.05, 3.63) is 45.1 Å². The van der Waals surface area contributed by atoms with Gasteiger partial charge in [-0.1, -0.05) is 22.0 Å². The third-order valence-corrected chi connectivity index (χ3v) is 4.11. The van der Waals surface area contributed by atoms with E-state index in [1.165, 1.54) is 11.3 Å². The van der Waals surface area contributed by atoms with E-state index in [0.29, 0.717) is 13.2 Å². The Morgan fingerprint density at radius 3 is 3.06 bits per heavy atom. The highest BCUT2D eigenvalue weighted by atomic mass is 79.9. The maximum Gasteiger partial charge on any atom is 0.268 e. The molecule has 3 nitrogen and oxygen atoms in total. The zero-order valence-corrected chi connectivity index (χ0v) is 11.8. The van der Waals surface area contributed by atoms with Crippen LogP contribution in [0.4, 0.5) is 5.69 Å². The normalized spacial score (nSPS) is 13.9. The maximum atomic E-state index is 12.4. The van der Waals surface area contributed by atoms with E-state index in [-0.39, 0.29) is 5.91 Å². The van der Waals surface area contributed by atoms with Crippen molar-refractivity contribution in [2.45, 2.75) is 0 Å². The van der Waals surface area contributed by atoms with E-state index in [9.17, 15) is 4.79 Å². The third-order valence-electron chi connectivity index (χ3n) is 2.76. The average molecular weight is 324 g/mol. The van der Waals surface area contributed by atoms with Crippen LogP contribution in [0.25, 0.3) is 0 Å². The Hall–Kier alpha value is -1.33. The highest BCUT2D eigenvalue weighted by Gasteiger charge is 2.25. The molecule has 0 radical (unpaired) electrons. The van der Waals surface area contributed by atoms with Crippen molar-refractivity contribution in [1.82, 2.24) is 0 Å². The molecule has 5 heteroatoms. The van der Waals surface area contributed by atoms with Gasteiger partial charge in [-0.2, -0.15) is 0 Å². The number of halogens is 1. The summed E-state index contributed by atoms with van der Waals surface area (Å²) >= 11 is 4.88. The number of carbonyl (C=O) groups excluding carboxylic acids is 1. The molecule has 2 heterocycles. The van der Waals surface area contributed by atoms with Crippen LogP contribution in [0.3, 0.4) is 0 Å². The molecule has 1 aliphatic heterocycles. The SMILES string of the molecule is O=C(c1cccs1)N1CCOc2ccc(Br)cc21. The van der Waals surface area contributed by atoms with Crippen molar-refractivity contribution in [2.75, 3.05) is 18.1 Å². The Kier molecular flexibility index (Phi) is 3.09. The predicted octanol–water partition coefficient (Wildman–Crippen LogP) is 3.55. The molecule has 0 saturated heterocycles. The highest BCUT2D eigenvalue weighted by Crippen LogP contribution is 2.35. The first-order chi connectivity index (χ1) is 8.75. The van der Waals surface area contributed by atoms with Gasteiger partial charge in [0.05, 0.1) is 17.1 Å². The number of carbonyl (C=O) groups is 1. The summed E-state index contributed by atoms with van der Waals surface area (Å²) in [6.45, 7) is 1.12. The van der Waals surface area contributed by atoms with Gasteiger partial charge in [0.2, 0.25) is 0 Å². The topological polar surface area (TPSA) is 29.5 Å². The van der Waals surface area contributed by atoms with Gasteiger partial charge in [-0.3, -0.25) is 4.79 Å². The Bertz CT molecular complexity index is 583. The van der Waals surface area contributed by atoms with Crippen LogP contribution >= 0.6 is 27.3 Å². The standard InChI is InChI=1S/C13H10BrNO2S/c14-9-3-4-11-10(8-9)15(5-6-17-11)13(16)12-2-1-7-18-12/h1-4,7-8H,5-6H2. The van der Waals surface area contributed by atoms with Crippen molar-refractivity contribution >= 4 is 38.9 Å². The number of hydrogen-bond donors (Lipinski definition) is 0. The monoisotopic (exact) mass is 323 g/mol. The molecule has 0 fully saturated rings. The van der Waals surface area contributed by atoms with Crippen LogP contribution in [0.15, 0.2) is 40.2 Å².